The van der Waals surface area contributed by atoms with Gasteiger partial charge in [-0.2, -0.15) is 5.26 Å². The molecule has 9 nitrogen and oxygen atoms in total. The molecule has 1 atom stereocenters. The number of aliphatic imine (C=N–C) groups is 1. The predicted molar refractivity (Wildman–Crippen MR) is 114 cm³/mol. The van der Waals surface area contributed by atoms with Crippen LogP contribution in [0.1, 0.15) is 12.5 Å². The Hall–Kier alpha value is -3.97. The lowest BCUT2D eigenvalue weighted by atomic mass is 10.2. The summed E-state index contributed by atoms with van der Waals surface area (Å²) in [5.41, 5.74) is 6.63. The second-order valence-electron chi connectivity index (χ2n) is 6.50. The highest BCUT2D eigenvalue weighted by molar-refractivity contribution is 7.93. The molecule has 1 aliphatic heterocycles. The average molecular weight is 419 g/mol. The minimum atomic E-state index is -3.91. The van der Waals surface area contributed by atoms with E-state index in [1.807, 2.05) is 6.07 Å². The van der Waals surface area contributed by atoms with Crippen molar-refractivity contribution in [3.05, 3.63) is 66.5 Å². The number of hydrogen-bond donors (Lipinski definition) is 2. The van der Waals surface area contributed by atoms with Gasteiger partial charge in [-0.3, -0.25) is 0 Å². The SMILES string of the molecule is CC(Nc1ncnc(N)c1C#N)C1=Nc2ccccc2S(=O)(=O)N1c1ccccc1. The first kappa shape index (κ1) is 19.4. The second kappa shape index (κ2) is 7.46. The third-order valence-corrected chi connectivity index (χ3v) is 6.33. The summed E-state index contributed by atoms with van der Waals surface area (Å²) in [7, 11) is -3.91. The van der Waals surface area contributed by atoms with Crippen LogP contribution in [-0.4, -0.2) is 30.3 Å². The van der Waals surface area contributed by atoms with Gasteiger partial charge in [0.25, 0.3) is 10.0 Å². The van der Waals surface area contributed by atoms with E-state index < -0.39 is 16.1 Å². The number of benzene rings is 2. The molecule has 30 heavy (non-hydrogen) atoms. The van der Waals surface area contributed by atoms with Crippen LogP contribution >= 0.6 is 0 Å². The Bertz CT molecular complexity index is 1280. The second-order valence-corrected chi connectivity index (χ2v) is 8.26. The quantitative estimate of drug-likeness (QED) is 0.663. The monoisotopic (exact) mass is 419 g/mol. The summed E-state index contributed by atoms with van der Waals surface area (Å²) >= 11 is 0. The number of amidine groups is 1. The third kappa shape index (κ3) is 3.21. The van der Waals surface area contributed by atoms with Crippen molar-refractivity contribution >= 4 is 38.9 Å². The average Bonchev–Trinajstić information content (AvgIpc) is 2.74. The largest absolute Gasteiger partial charge is 0.382 e. The van der Waals surface area contributed by atoms with Gasteiger partial charge < -0.3 is 11.1 Å². The fourth-order valence-electron chi connectivity index (χ4n) is 3.15. The van der Waals surface area contributed by atoms with E-state index in [1.54, 1.807) is 55.5 Å². The van der Waals surface area contributed by atoms with Crippen LogP contribution < -0.4 is 15.4 Å². The lowest BCUT2D eigenvalue weighted by Gasteiger charge is -2.33. The first-order valence-corrected chi connectivity index (χ1v) is 10.4. The predicted octanol–water partition coefficient (Wildman–Crippen LogP) is 2.67. The smallest absolute Gasteiger partial charge is 0.271 e. The standard InChI is InChI=1S/C20H17N7O2S/c1-13(25-19-15(11-21)18(22)23-12-24-19)20-26-16-9-5-6-10-17(16)30(28,29)27(20)14-7-3-2-4-8-14/h2-10,12-13H,1H3,(H3,22,23,24,25). The number of hydrogen-bond acceptors (Lipinski definition) is 8. The minimum Gasteiger partial charge on any atom is -0.382 e. The van der Waals surface area contributed by atoms with Crippen LogP contribution in [-0.2, 0) is 10.0 Å². The first-order chi connectivity index (χ1) is 14.4. The van der Waals surface area contributed by atoms with Gasteiger partial charge in [0.2, 0.25) is 0 Å². The number of nitrogens with zero attached hydrogens (tertiary/aromatic N) is 5. The van der Waals surface area contributed by atoms with E-state index in [4.69, 9.17) is 5.73 Å². The lowest BCUT2D eigenvalue weighted by molar-refractivity contribution is 0.596. The molecule has 2 heterocycles. The van der Waals surface area contributed by atoms with E-state index >= 15 is 0 Å². The summed E-state index contributed by atoms with van der Waals surface area (Å²) < 4.78 is 28.1. The Morgan fingerprint density at radius 3 is 2.53 bits per heavy atom. The van der Waals surface area contributed by atoms with Crippen LogP contribution in [0.3, 0.4) is 0 Å². The van der Waals surface area contributed by atoms with E-state index in [2.05, 4.69) is 20.3 Å². The third-order valence-electron chi connectivity index (χ3n) is 4.55. The van der Waals surface area contributed by atoms with Crippen LogP contribution in [0.15, 0.2) is 70.8 Å². The first-order valence-electron chi connectivity index (χ1n) is 8.98. The fraction of sp³-hybridized carbons (Fsp3) is 0.100. The van der Waals surface area contributed by atoms with E-state index in [0.29, 0.717) is 11.4 Å². The number of fused-ring (bicyclic) bond motifs is 1. The zero-order chi connectivity index (χ0) is 21.3. The van der Waals surface area contributed by atoms with Gasteiger partial charge in [-0.05, 0) is 31.2 Å². The van der Waals surface area contributed by atoms with E-state index in [1.165, 1.54) is 16.7 Å². The summed E-state index contributed by atoms with van der Waals surface area (Å²) in [6, 6.07) is 16.6. The number of para-hydroxylation sites is 2. The van der Waals surface area contributed by atoms with Gasteiger partial charge in [0, 0.05) is 0 Å². The Kier molecular flexibility index (Phi) is 4.81. The van der Waals surface area contributed by atoms with Crippen LogP contribution in [0.5, 0.6) is 0 Å². The molecule has 0 aliphatic carbocycles. The molecule has 0 spiro atoms. The van der Waals surface area contributed by atoms with Gasteiger partial charge >= 0.3 is 0 Å². The van der Waals surface area contributed by atoms with Crippen LogP contribution in [0.4, 0.5) is 23.0 Å². The van der Waals surface area contributed by atoms with Crippen LogP contribution in [0.25, 0.3) is 0 Å². The highest BCUT2D eigenvalue weighted by atomic mass is 32.2. The Labute approximate surface area is 173 Å². The van der Waals surface area contributed by atoms with Gasteiger partial charge in [-0.15, -0.1) is 0 Å². The van der Waals surface area contributed by atoms with E-state index in [-0.39, 0.29) is 27.9 Å². The zero-order valence-corrected chi connectivity index (χ0v) is 16.7. The maximum absolute atomic E-state index is 13.5. The molecule has 1 aliphatic rings. The number of aromatic nitrogens is 2. The zero-order valence-electron chi connectivity index (χ0n) is 15.9. The molecule has 1 aromatic heterocycles. The molecule has 0 saturated carbocycles. The normalized spacial score (nSPS) is 15.5. The molecule has 150 valence electrons. The number of sulfonamides is 1. The number of rotatable bonds is 4. The fourth-order valence-corrected chi connectivity index (χ4v) is 4.82. The number of anilines is 3. The van der Waals surface area contributed by atoms with Crippen molar-refractivity contribution in [2.75, 3.05) is 15.4 Å². The van der Waals surface area contributed by atoms with E-state index in [0.717, 1.165) is 0 Å². The van der Waals surface area contributed by atoms with Crippen molar-refractivity contribution in [3.8, 4) is 6.07 Å². The van der Waals surface area contributed by atoms with Gasteiger partial charge in [-0.1, -0.05) is 30.3 Å². The molecule has 0 amide bonds. The molecule has 3 aromatic rings. The topological polar surface area (TPSA) is 137 Å². The molecule has 0 fully saturated rings. The van der Waals surface area contributed by atoms with Crippen LogP contribution in [0.2, 0.25) is 0 Å². The highest BCUT2D eigenvalue weighted by Crippen LogP contribution is 2.36. The molecule has 0 bridgehead atoms. The van der Waals surface area contributed by atoms with Gasteiger partial charge in [0.1, 0.15) is 40.3 Å². The van der Waals surface area contributed by atoms with Crippen molar-refractivity contribution < 1.29 is 8.42 Å². The number of nitriles is 1. The maximum Gasteiger partial charge on any atom is 0.271 e. The number of nitrogen functional groups attached to an aromatic ring is 1. The lowest BCUT2D eigenvalue weighted by Crippen LogP contribution is -2.47. The van der Waals surface area contributed by atoms with Crippen molar-refractivity contribution in [2.45, 2.75) is 17.9 Å². The van der Waals surface area contributed by atoms with E-state index in [9.17, 15) is 13.7 Å². The Balaban J connectivity index is 1.85. The summed E-state index contributed by atoms with van der Waals surface area (Å²) in [6.45, 7) is 1.73. The van der Waals surface area contributed by atoms with Gasteiger partial charge in [0.15, 0.2) is 0 Å². The van der Waals surface area contributed by atoms with Gasteiger partial charge in [0.05, 0.1) is 17.4 Å². The molecule has 2 aromatic carbocycles. The Morgan fingerprint density at radius 2 is 1.80 bits per heavy atom. The molecular weight excluding hydrogens is 402 g/mol. The molecule has 0 radical (unpaired) electrons. The van der Waals surface area contributed by atoms with Crippen molar-refractivity contribution in [2.24, 2.45) is 4.99 Å². The molecule has 1 unspecified atom stereocenters. The van der Waals surface area contributed by atoms with Crippen molar-refractivity contribution in [1.82, 2.24) is 9.97 Å². The Morgan fingerprint density at radius 1 is 1.10 bits per heavy atom. The summed E-state index contributed by atoms with van der Waals surface area (Å²) in [4.78, 5) is 12.6. The van der Waals surface area contributed by atoms with Gasteiger partial charge in [-0.25, -0.2) is 27.7 Å². The minimum absolute atomic E-state index is 0.0330. The maximum atomic E-state index is 13.5. The number of nitrogens with two attached hydrogens (primary N) is 1. The molecular formula is C20H17N7O2S. The summed E-state index contributed by atoms with van der Waals surface area (Å²) in [5, 5.41) is 12.4. The van der Waals surface area contributed by atoms with Crippen molar-refractivity contribution in [3.63, 3.8) is 0 Å². The van der Waals surface area contributed by atoms with Crippen LogP contribution in [0, 0.1) is 11.3 Å². The molecule has 10 heteroatoms. The highest BCUT2D eigenvalue weighted by Gasteiger charge is 2.37. The molecule has 3 N–H and O–H groups in total. The summed E-state index contributed by atoms with van der Waals surface area (Å²) in [6.07, 6.45) is 1.23. The summed E-state index contributed by atoms with van der Waals surface area (Å²) in [5.74, 6) is 0.469. The van der Waals surface area contributed by atoms with Crippen molar-refractivity contribution in [1.29, 1.82) is 5.26 Å². The molecule has 0 saturated heterocycles. The number of nitrogens with one attached hydrogen (secondary N) is 1. The molecule has 4 rings (SSSR count).